The number of oxazole rings is 1. The molecule has 0 bridgehead atoms. The number of nitrogens with one attached hydrogen (secondary N) is 1. The van der Waals surface area contributed by atoms with Gasteiger partial charge in [-0.2, -0.15) is 0 Å². The molecule has 1 N–H and O–H groups in total. The Hall–Kier alpha value is -0.870. The van der Waals surface area contributed by atoms with E-state index in [1.165, 1.54) is 25.9 Å². The number of piperidine rings is 1. The lowest BCUT2D eigenvalue weighted by Crippen LogP contribution is -2.40. The van der Waals surface area contributed by atoms with E-state index in [2.05, 4.69) is 29.2 Å². The van der Waals surface area contributed by atoms with Gasteiger partial charge in [0, 0.05) is 6.04 Å². The number of rotatable bonds is 4. The van der Waals surface area contributed by atoms with E-state index in [0.717, 1.165) is 24.1 Å². The summed E-state index contributed by atoms with van der Waals surface area (Å²) in [6, 6.07) is 0.538. The molecular formula is C13H23N3O. The van der Waals surface area contributed by atoms with Crippen molar-refractivity contribution in [3.05, 3.63) is 17.8 Å². The Balaban J connectivity index is 1.75. The number of hydrogen-bond donors (Lipinski definition) is 1. The molecule has 1 atom stereocenters. The van der Waals surface area contributed by atoms with Gasteiger partial charge in [0.1, 0.15) is 5.76 Å². The lowest BCUT2D eigenvalue weighted by Gasteiger charge is -2.32. The van der Waals surface area contributed by atoms with E-state index >= 15 is 0 Å². The fraction of sp³-hybridized carbons (Fsp3) is 0.769. The number of nitrogens with zero attached hydrogens (tertiary/aromatic N) is 2. The summed E-state index contributed by atoms with van der Waals surface area (Å²) in [5.41, 5.74) is 0. The average Bonchev–Trinajstić information content (AvgIpc) is 2.73. The number of hydrogen-bond acceptors (Lipinski definition) is 4. The fourth-order valence-electron chi connectivity index (χ4n) is 2.43. The van der Waals surface area contributed by atoms with E-state index in [0.29, 0.717) is 6.04 Å². The summed E-state index contributed by atoms with van der Waals surface area (Å²) in [6.07, 6.45) is 4.35. The van der Waals surface area contributed by atoms with E-state index < -0.39 is 0 Å². The fourth-order valence-corrected chi connectivity index (χ4v) is 2.43. The smallest absolute Gasteiger partial charge is 0.208 e. The van der Waals surface area contributed by atoms with Crippen LogP contribution < -0.4 is 5.32 Å². The zero-order valence-electron chi connectivity index (χ0n) is 11.1. The summed E-state index contributed by atoms with van der Waals surface area (Å²) in [4.78, 5) is 6.61. The van der Waals surface area contributed by atoms with Gasteiger partial charge < -0.3 is 14.6 Å². The number of aromatic nitrogens is 1. The van der Waals surface area contributed by atoms with Gasteiger partial charge in [0.2, 0.25) is 5.89 Å². The molecule has 1 fully saturated rings. The Morgan fingerprint density at radius 3 is 2.82 bits per heavy atom. The van der Waals surface area contributed by atoms with Crippen LogP contribution in [0.15, 0.2) is 10.6 Å². The second-order valence-corrected chi connectivity index (χ2v) is 5.17. The lowest BCUT2D eigenvalue weighted by molar-refractivity contribution is 0.188. The topological polar surface area (TPSA) is 41.3 Å². The highest BCUT2D eigenvalue weighted by Gasteiger charge is 2.22. The highest BCUT2D eigenvalue weighted by molar-refractivity contribution is 4.91. The Bertz CT molecular complexity index is 342. The molecule has 96 valence electrons. The lowest BCUT2D eigenvalue weighted by atomic mass is 9.90. The molecule has 1 aliphatic heterocycles. The maximum Gasteiger partial charge on any atom is 0.208 e. The highest BCUT2D eigenvalue weighted by atomic mass is 16.4. The van der Waals surface area contributed by atoms with Gasteiger partial charge in [-0.05, 0) is 52.7 Å². The summed E-state index contributed by atoms with van der Waals surface area (Å²) in [5.74, 6) is 2.46. The quantitative estimate of drug-likeness (QED) is 0.867. The predicted octanol–water partition coefficient (Wildman–Crippen LogP) is 1.80. The molecule has 2 rings (SSSR count). The molecule has 4 heteroatoms. The molecule has 1 aromatic heterocycles. The van der Waals surface area contributed by atoms with E-state index in [-0.39, 0.29) is 0 Å². The maximum absolute atomic E-state index is 5.46. The minimum absolute atomic E-state index is 0.538. The van der Waals surface area contributed by atoms with Crippen LogP contribution in [0, 0.1) is 12.8 Å². The summed E-state index contributed by atoms with van der Waals surface area (Å²) < 4.78 is 5.46. The van der Waals surface area contributed by atoms with Crippen molar-refractivity contribution >= 4 is 0 Å². The third kappa shape index (κ3) is 3.54. The Labute approximate surface area is 103 Å². The molecular weight excluding hydrogens is 214 g/mol. The minimum Gasteiger partial charge on any atom is -0.445 e. The molecule has 1 unspecified atom stereocenters. The van der Waals surface area contributed by atoms with Crippen molar-refractivity contribution in [2.45, 2.75) is 39.3 Å². The van der Waals surface area contributed by atoms with Crippen molar-refractivity contribution in [1.82, 2.24) is 15.2 Å². The largest absolute Gasteiger partial charge is 0.445 e. The molecule has 0 aromatic carbocycles. The van der Waals surface area contributed by atoms with Gasteiger partial charge in [-0.25, -0.2) is 4.98 Å². The third-order valence-electron chi connectivity index (χ3n) is 3.71. The molecule has 0 saturated carbocycles. The van der Waals surface area contributed by atoms with Crippen LogP contribution in [-0.4, -0.2) is 36.1 Å². The van der Waals surface area contributed by atoms with Gasteiger partial charge in [0.15, 0.2) is 0 Å². The first-order chi connectivity index (χ1) is 8.15. The normalized spacial score (nSPS) is 20.6. The summed E-state index contributed by atoms with van der Waals surface area (Å²) in [7, 11) is 2.20. The third-order valence-corrected chi connectivity index (χ3v) is 3.71. The zero-order valence-corrected chi connectivity index (χ0v) is 11.1. The Kier molecular flexibility index (Phi) is 4.18. The van der Waals surface area contributed by atoms with Crippen LogP contribution in [-0.2, 0) is 6.54 Å². The van der Waals surface area contributed by atoms with Crippen LogP contribution in [0.1, 0.15) is 31.4 Å². The monoisotopic (exact) mass is 237 g/mol. The number of aryl methyl sites for hydroxylation is 1. The van der Waals surface area contributed by atoms with Crippen LogP contribution in [0.5, 0.6) is 0 Å². The summed E-state index contributed by atoms with van der Waals surface area (Å²) in [6.45, 7) is 7.37. The zero-order chi connectivity index (χ0) is 12.3. The minimum atomic E-state index is 0.538. The van der Waals surface area contributed by atoms with Gasteiger partial charge in [0.25, 0.3) is 0 Å². The van der Waals surface area contributed by atoms with Crippen molar-refractivity contribution in [3.8, 4) is 0 Å². The molecule has 0 radical (unpaired) electrons. The van der Waals surface area contributed by atoms with Gasteiger partial charge >= 0.3 is 0 Å². The van der Waals surface area contributed by atoms with Crippen LogP contribution in [0.3, 0.4) is 0 Å². The molecule has 0 aliphatic carbocycles. The van der Waals surface area contributed by atoms with Crippen molar-refractivity contribution in [2.24, 2.45) is 5.92 Å². The van der Waals surface area contributed by atoms with Gasteiger partial charge in [-0.1, -0.05) is 0 Å². The second kappa shape index (κ2) is 5.65. The standard InChI is InChI=1S/C13H23N3O/c1-10-8-15-13(17-10)9-14-11(2)12-4-6-16(3)7-5-12/h8,11-12,14H,4-7,9H2,1-3H3. The van der Waals surface area contributed by atoms with Crippen molar-refractivity contribution in [2.75, 3.05) is 20.1 Å². The molecule has 2 heterocycles. The van der Waals surface area contributed by atoms with E-state index in [4.69, 9.17) is 4.42 Å². The van der Waals surface area contributed by atoms with Crippen molar-refractivity contribution < 1.29 is 4.42 Å². The molecule has 17 heavy (non-hydrogen) atoms. The first kappa shape index (κ1) is 12.6. The summed E-state index contributed by atoms with van der Waals surface area (Å²) >= 11 is 0. The van der Waals surface area contributed by atoms with Gasteiger partial charge in [-0.15, -0.1) is 0 Å². The van der Waals surface area contributed by atoms with Crippen LogP contribution in [0.4, 0.5) is 0 Å². The average molecular weight is 237 g/mol. The first-order valence-electron chi connectivity index (χ1n) is 6.48. The van der Waals surface area contributed by atoms with E-state index in [9.17, 15) is 0 Å². The van der Waals surface area contributed by atoms with Gasteiger partial charge in [0.05, 0.1) is 12.7 Å². The molecule has 0 amide bonds. The van der Waals surface area contributed by atoms with Crippen molar-refractivity contribution in [1.29, 1.82) is 0 Å². The Morgan fingerprint density at radius 2 is 2.24 bits per heavy atom. The predicted molar refractivity (Wildman–Crippen MR) is 67.8 cm³/mol. The first-order valence-corrected chi connectivity index (χ1v) is 6.48. The van der Waals surface area contributed by atoms with Crippen LogP contribution >= 0.6 is 0 Å². The van der Waals surface area contributed by atoms with E-state index in [1.807, 2.05) is 6.92 Å². The van der Waals surface area contributed by atoms with Crippen LogP contribution in [0.25, 0.3) is 0 Å². The highest BCUT2D eigenvalue weighted by Crippen LogP contribution is 2.19. The molecule has 4 nitrogen and oxygen atoms in total. The van der Waals surface area contributed by atoms with Crippen LogP contribution in [0.2, 0.25) is 0 Å². The second-order valence-electron chi connectivity index (χ2n) is 5.17. The molecule has 0 spiro atoms. The molecule has 1 saturated heterocycles. The maximum atomic E-state index is 5.46. The number of likely N-dealkylation sites (tertiary alicyclic amines) is 1. The van der Waals surface area contributed by atoms with E-state index in [1.54, 1.807) is 6.20 Å². The SMILES string of the molecule is Cc1cnc(CNC(C)C2CCN(C)CC2)o1. The Morgan fingerprint density at radius 1 is 1.53 bits per heavy atom. The molecule has 1 aliphatic rings. The van der Waals surface area contributed by atoms with Gasteiger partial charge in [-0.3, -0.25) is 0 Å². The summed E-state index contributed by atoms with van der Waals surface area (Å²) in [5, 5.41) is 3.52. The van der Waals surface area contributed by atoms with Crippen molar-refractivity contribution in [3.63, 3.8) is 0 Å². The molecule has 1 aromatic rings.